The molecule has 2 aromatic rings. The summed E-state index contributed by atoms with van der Waals surface area (Å²) in [5.74, 6) is 1.52. The third-order valence-corrected chi connectivity index (χ3v) is 5.64. The Hall–Kier alpha value is -2.02. The quantitative estimate of drug-likeness (QED) is 0.926. The smallest absolute Gasteiger partial charge is 0.266 e. The van der Waals surface area contributed by atoms with Crippen molar-refractivity contribution in [1.82, 2.24) is 19.9 Å². The monoisotopic (exact) mass is 345 g/mol. The molecule has 1 aliphatic heterocycles. The molecular weight excluding hydrogens is 322 g/mol. The number of nitrogens with zero attached hydrogens (tertiary/aromatic N) is 4. The zero-order valence-electron chi connectivity index (χ0n) is 14.8. The molecule has 0 aromatic carbocycles. The predicted octanol–water partition coefficient (Wildman–Crippen LogP) is 3.05. The lowest BCUT2D eigenvalue weighted by molar-refractivity contribution is 0.0608. The van der Waals surface area contributed by atoms with Gasteiger partial charge in [-0.15, -0.1) is 11.3 Å². The van der Waals surface area contributed by atoms with Crippen LogP contribution in [0.2, 0.25) is 0 Å². The first-order valence-corrected chi connectivity index (χ1v) is 8.96. The van der Waals surface area contributed by atoms with Gasteiger partial charge in [-0.05, 0) is 40.5 Å². The minimum atomic E-state index is -0.487. The van der Waals surface area contributed by atoms with Crippen LogP contribution in [0.4, 0.5) is 5.82 Å². The van der Waals surface area contributed by atoms with Crippen LogP contribution in [0.25, 0.3) is 0 Å². The normalized spacial score (nSPS) is 20.5. The van der Waals surface area contributed by atoms with Crippen molar-refractivity contribution in [2.75, 3.05) is 18.9 Å². The van der Waals surface area contributed by atoms with Gasteiger partial charge in [0, 0.05) is 25.4 Å². The Labute approximate surface area is 146 Å². The summed E-state index contributed by atoms with van der Waals surface area (Å²) < 4.78 is 0. The van der Waals surface area contributed by atoms with Gasteiger partial charge < -0.3 is 10.2 Å². The van der Waals surface area contributed by atoms with Gasteiger partial charge in [0.2, 0.25) is 0 Å². The Morgan fingerprint density at radius 2 is 2.04 bits per heavy atom. The van der Waals surface area contributed by atoms with Gasteiger partial charge in [-0.2, -0.15) is 0 Å². The molecule has 0 saturated carbocycles. The molecule has 3 heterocycles. The average Bonchev–Trinajstić information content (AvgIpc) is 3.09. The number of thiazole rings is 1. The van der Waals surface area contributed by atoms with Gasteiger partial charge in [-0.3, -0.25) is 4.79 Å². The summed E-state index contributed by atoms with van der Waals surface area (Å²) in [5.41, 5.74) is 1.21. The third-order valence-electron chi connectivity index (χ3n) is 4.58. The maximum absolute atomic E-state index is 13.1. The third kappa shape index (κ3) is 2.77. The molecule has 1 amide bonds. The van der Waals surface area contributed by atoms with Gasteiger partial charge in [0.15, 0.2) is 5.82 Å². The fourth-order valence-corrected chi connectivity index (χ4v) is 4.18. The van der Waals surface area contributed by atoms with Crippen LogP contribution in [-0.4, -0.2) is 39.4 Å². The molecule has 1 unspecified atom stereocenters. The molecule has 1 atom stereocenters. The van der Waals surface area contributed by atoms with Gasteiger partial charge in [0.25, 0.3) is 5.91 Å². The van der Waals surface area contributed by atoms with Crippen molar-refractivity contribution in [3.05, 3.63) is 33.2 Å². The van der Waals surface area contributed by atoms with Crippen LogP contribution in [0.5, 0.6) is 0 Å². The van der Waals surface area contributed by atoms with Crippen LogP contribution in [0, 0.1) is 20.8 Å². The number of carbonyl (C=O) groups excluding carboxylic acids is 1. The van der Waals surface area contributed by atoms with E-state index in [4.69, 9.17) is 0 Å². The van der Waals surface area contributed by atoms with Crippen molar-refractivity contribution in [1.29, 1.82) is 0 Å². The van der Waals surface area contributed by atoms with Crippen LogP contribution in [0.3, 0.4) is 0 Å². The molecule has 0 aliphatic carbocycles. The van der Waals surface area contributed by atoms with Crippen molar-refractivity contribution in [2.45, 2.75) is 46.1 Å². The maximum Gasteiger partial charge on any atom is 0.266 e. The molecule has 0 bridgehead atoms. The molecule has 128 valence electrons. The summed E-state index contributed by atoms with van der Waals surface area (Å²) in [7, 11) is 1.84. The number of aryl methyl sites for hydroxylation is 3. The number of hydrogen-bond acceptors (Lipinski definition) is 6. The second-order valence-corrected chi connectivity index (χ2v) is 7.65. The molecule has 6 nitrogen and oxygen atoms in total. The van der Waals surface area contributed by atoms with Gasteiger partial charge >= 0.3 is 0 Å². The van der Waals surface area contributed by atoms with Gasteiger partial charge in [0.05, 0.1) is 10.7 Å². The van der Waals surface area contributed by atoms with Gasteiger partial charge in [-0.25, -0.2) is 15.0 Å². The fourth-order valence-electron chi connectivity index (χ4n) is 3.31. The van der Waals surface area contributed by atoms with Gasteiger partial charge in [-0.1, -0.05) is 0 Å². The summed E-state index contributed by atoms with van der Waals surface area (Å²) >= 11 is 1.46. The molecular formula is C17H23N5OS. The predicted molar refractivity (Wildman–Crippen MR) is 95.5 cm³/mol. The molecule has 1 saturated heterocycles. The number of amides is 1. The van der Waals surface area contributed by atoms with E-state index in [-0.39, 0.29) is 5.91 Å². The molecule has 3 rings (SSSR count). The lowest BCUT2D eigenvalue weighted by Gasteiger charge is -2.34. The summed E-state index contributed by atoms with van der Waals surface area (Å²) in [6.07, 6.45) is 1.81. The highest BCUT2D eigenvalue weighted by Gasteiger charge is 2.44. The second kappa shape index (κ2) is 6.12. The second-order valence-electron chi connectivity index (χ2n) is 6.45. The topological polar surface area (TPSA) is 71.0 Å². The number of hydrogen-bond donors (Lipinski definition) is 1. The highest BCUT2D eigenvalue weighted by Crippen LogP contribution is 2.39. The standard InChI is InChI=1S/C17H23N5OS/c1-10-9-13(18-5)21-16(19-10)17(4)7-6-8-22(17)15(23)14-11(2)20-12(3)24-14/h9H,6-8H2,1-5H3,(H,18,19,21). The Kier molecular flexibility index (Phi) is 4.29. The average molecular weight is 345 g/mol. The van der Waals surface area contributed by atoms with Crippen molar-refractivity contribution in [3.8, 4) is 0 Å². The number of rotatable bonds is 3. The molecule has 24 heavy (non-hydrogen) atoms. The number of anilines is 1. The first kappa shape index (κ1) is 16.8. The summed E-state index contributed by atoms with van der Waals surface area (Å²) in [6, 6.07) is 1.91. The number of aromatic nitrogens is 3. The van der Waals surface area contributed by atoms with E-state index in [9.17, 15) is 4.79 Å². The lowest BCUT2D eigenvalue weighted by Crippen LogP contribution is -2.44. The SMILES string of the molecule is CNc1cc(C)nc(C2(C)CCCN2C(=O)c2sc(C)nc2C)n1. The van der Waals surface area contributed by atoms with Gasteiger partial charge in [0.1, 0.15) is 16.2 Å². The molecule has 7 heteroatoms. The van der Waals surface area contributed by atoms with E-state index >= 15 is 0 Å². The first-order chi connectivity index (χ1) is 11.3. The van der Waals surface area contributed by atoms with Crippen LogP contribution >= 0.6 is 11.3 Å². The molecule has 0 radical (unpaired) electrons. The number of nitrogens with one attached hydrogen (secondary N) is 1. The first-order valence-electron chi connectivity index (χ1n) is 8.15. The summed E-state index contributed by atoms with van der Waals surface area (Å²) in [5, 5.41) is 3.99. The van der Waals surface area contributed by atoms with E-state index in [1.54, 1.807) is 0 Å². The number of carbonyl (C=O) groups is 1. The zero-order chi connectivity index (χ0) is 17.5. The lowest BCUT2D eigenvalue weighted by atomic mass is 9.97. The molecule has 2 aromatic heterocycles. The fraction of sp³-hybridized carbons (Fsp3) is 0.529. The van der Waals surface area contributed by atoms with Crippen molar-refractivity contribution in [3.63, 3.8) is 0 Å². The van der Waals surface area contributed by atoms with E-state index in [2.05, 4.69) is 27.2 Å². The highest BCUT2D eigenvalue weighted by atomic mass is 32.1. The van der Waals surface area contributed by atoms with Crippen molar-refractivity contribution >= 4 is 23.1 Å². The summed E-state index contributed by atoms with van der Waals surface area (Å²) in [4.78, 5) is 29.4. The van der Waals surface area contributed by atoms with E-state index in [1.165, 1.54) is 11.3 Å². The van der Waals surface area contributed by atoms with Crippen molar-refractivity contribution < 1.29 is 4.79 Å². The van der Waals surface area contributed by atoms with Crippen LogP contribution < -0.4 is 5.32 Å². The minimum Gasteiger partial charge on any atom is -0.373 e. The Morgan fingerprint density at radius 1 is 1.29 bits per heavy atom. The van der Waals surface area contributed by atoms with E-state index in [0.29, 0.717) is 5.82 Å². The van der Waals surface area contributed by atoms with E-state index < -0.39 is 5.54 Å². The van der Waals surface area contributed by atoms with Crippen molar-refractivity contribution in [2.24, 2.45) is 0 Å². The Morgan fingerprint density at radius 3 is 2.67 bits per heavy atom. The Balaban J connectivity index is 2.01. The van der Waals surface area contributed by atoms with Crippen LogP contribution in [-0.2, 0) is 5.54 Å². The van der Waals surface area contributed by atoms with Crippen LogP contribution in [0.15, 0.2) is 6.07 Å². The summed E-state index contributed by atoms with van der Waals surface area (Å²) in [6.45, 7) is 8.56. The molecule has 1 N–H and O–H groups in total. The minimum absolute atomic E-state index is 0.0363. The molecule has 1 aliphatic rings. The molecule has 1 fully saturated rings. The van der Waals surface area contributed by atoms with E-state index in [0.717, 1.165) is 46.5 Å². The molecule has 0 spiro atoms. The largest absolute Gasteiger partial charge is 0.373 e. The van der Waals surface area contributed by atoms with Crippen LogP contribution in [0.1, 0.15) is 51.7 Å². The maximum atomic E-state index is 13.1. The highest BCUT2D eigenvalue weighted by molar-refractivity contribution is 7.13. The van der Waals surface area contributed by atoms with E-state index in [1.807, 2.05) is 38.8 Å². The Bertz CT molecular complexity index is 787. The zero-order valence-corrected chi connectivity index (χ0v) is 15.6. The number of likely N-dealkylation sites (tertiary alicyclic amines) is 1.